The van der Waals surface area contributed by atoms with Gasteiger partial charge in [0.2, 0.25) is 5.91 Å². The first-order valence-electron chi connectivity index (χ1n) is 7.34. The lowest BCUT2D eigenvalue weighted by molar-refractivity contribution is -0.125. The number of hydrazine groups is 1. The van der Waals surface area contributed by atoms with E-state index in [9.17, 15) is 13.2 Å². The van der Waals surface area contributed by atoms with Gasteiger partial charge in [-0.2, -0.15) is 0 Å². The Balaban J connectivity index is 2.48. The quantitative estimate of drug-likeness (QED) is 0.870. The van der Waals surface area contributed by atoms with Crippen molar-refractivity contribution in [1.29, 1.82) is 0 Å². The van der Waals surface area contributed by atoms with E-state index >= 15 is 0 Å². The first kappa shape index (κ1) is 17.5. The number of carbonyl (C=O) groups is 1. The van der Waals surface area contributed by atoms with E-state index in [0.717, 1.165) is 5.57 Å². The molecule has 1 aromatic rings. The zero-order valence-corrected chi connectivity index (χ0v) is 14.5. The molecule has 0 aromatic heterocycles. The molecule has 2 N–H and O–H groups in total. The molecule has 1 amide bonds. The fourth-order valence-corrected chi connectivity index (χ4v) is 3.67. The molecule has 1 aliphatic heterocycles. The maximum atomic E-state index is 12.1. The predicted molar refractivity (Wildman–Crippen MR) is 88.6 cm³/mol. The van der Waals surface area contributed by atoms with Gasteiger partial charge in [-0.05, 0) is 30.5 Å². The summed E-state index contributed by atoms with van der Waals surface area (Å²) >= 11 is 0. The SMILES string of the molecule is COc1cccc(S(C)(=O)=O)c1/C(C)=C/C1NNC(=O)CC1C. The zero-order chi connectivity index (χ0) is 17.2. The minimum absolute atomic E-state index is 0.0473. The number of methoxy groups -OCH3 is 1. The van der Waals surface area contributed by atoms with Gasteiger partial charge in [0.05, 0.1) is 12.0 Å². The minimum Gasteiger partial charge on any atom is -0.496 e. The molecule has 23 heavy (non-hydrogen) atoms. The van der Waals surface area contributed by atoms with Crippen LogP contribution >= 0.6 is 0 Å². The van der Waals surface area contributed by atoms with Gasteiger partial charge in [0.1, 0.15) is 5.75 Å². The Morgan fingerprint density at radius 3 is 2.65 bits per heavy atom. The highest BCUT2D eigenvalue weighted by atomic mass is 32.2. The number of hydrogen-bond acceptors (Lipinski definition) is 5. The van der Waals surface area contributed by atoms with Crippen LogP contribution in [0.5, 0.6) is 5.75 Å². The molecule has 1 aliphatic rings. The van der Waals surface area contributed by atoms with Crippen LogP contribution < -0.4 is 15.6 Å². The maximum absolute atomic E-state index is 12.1. The summed E-state index contributed by atoms with van der Waals surface area (Å²) in [6, 6.07) is 4.89. The van der Waals surface area contributed by atoms with Gasteiger partial charge in [0.15, 0.2) is 9.84 Å². The molecule has 2 rings (SSSR count). The summed E-state index contributed by atoms with van der Waals surface area (Å²) in [5.74, 6) is 0.568. The second-order valence-electron chi connectivity index (χ2n) is 5.85. The fraction of sp³-hybridized carbons (Fsp3) is 0.438. The predicted octanol–water partition coefficient (Wildman–Crippen LogP) is 1.53. The third-order valence-corrected chi connectivity index (χ3v) is 5.07. The molecule has 7 heteroatoms. The van der Waals surface area contributed by atoms with Crippen molar-refractivity contribution in [2.45, 2.75) is 31.2 Å². The highest BCUT2D eigenvalue weighted by Gasteiger charge is 2.25. The van der Waals surface area contributed by atoms with E-state index in [0.29, 0.717) is 17.7 Å². The molecule has 0 aliphatic carbocycles. The molecule has 126 valence electrons. The van der Waals surface area contributed by atoms with Gasteiger partial charge >= 0.3 is 0 Å². The van der Waals surface area contributed by atoms with Crippen LogP contribution in [0.25, 0.3) is 5.57 Å². The van der Waals surface area contributed by atoms with Gasteiger partial charge in [-0.1, -0.05) is 19.1 Å². The Kier molecular flexibility index (Phi) is 5.11. The van der Waals surface area contributed by atoms with Gasteiger partial charge in [-0.15, -0.1) is 0 Å². The summed E-state index contributed by atoms with van der Waals surface area (Å²) in [7, 11) is -1.87. The molecule has 2 atom stereocenters. The molecule has 0 bridgehead atoms. The van der Waals surface area contributed by atoms with Gasteiger partial charge in [-0.3, -0.25) is 10.2 Å². The highest BCUT2D eigenvalue weighted by molar-refractivity contribution is 7.90. The molecule has 0 radical (unpaired) electrons. The van der Waals surface area contributed by atoms with Crippen molar-refractivity contribution < 1.29 is 17.9 Å². The number of sulfone groups is 1. The number of rotatable bonds is 4. The maximum Gasteiger partial charge on any atom is 0.234 e. The van der Waals surface area contributed by atoms with Crippen LogP contribution in [0, 0.1) is 5.92 Å². The van der Waals surface area contributed by atoms with Crippen LogP contribution in [0.4, 0.5) is 0 Å². The number of ether oxygens (including phenoxy) is 1. The average Bonchev–Trinajstić information content (AvgIpc) is 2.48. The van der Waals surface area contributed by atoms with E-state index in [1.54, 1.807) is 18.2 Å². The van der Waals surface area contributed by atoms with E-state index in [1.807, 2.05) is 19.9 Å². The molecule has 6 nitrogen and oxygen atoms in total. The Bertz CT molecular complexity index is 740. The van der Waals surface area contributed by atoms with Crippen molar-refractivity contribution in [3.05, 3.63) is 29.8 Å². The summed E-state index contributed by atoms with van der Waals surface area (Å²) in [5.41, 5.74) is 6.90. The number of carbonyl (C=O) groups excluding carboxylic acids is 1. The molecule has 0 saturated carbocycles. The van der Waals surface area contributed by atoms with Crippen LogP contribution in [-0.4, -0.2) is 33.7 Å². The van der Waals surface area contributed by atoms with Crippen molar-refractivity contribution in [1.82, 2.24) is 10.9 Å². The summed E-state index contributed by atoms with van der Waals surface area (Å²) in [6.07, 6.45) is 3.53. The van der Waals surface area contributed by atoms with Crippen LogP contribution in [0.2, 0.25) is 0 Å². The van der Waals surface area contributed by atoms with E-state index in [4.69, 9.17) is 4.74 Å². The second kappa shape index (κ2) is 6.72. The molecule has 1 heterocycles. The minimum atomic E-state index is -3.39. The van der Waals surface area contributed by atoms with Gasteiger partial charge in [0.25, 0.3) is 0 Å². The zero-order valence-electron chi connectivity index (χ0n) is 13.7. The van der Waals surface area contributed by atoms with Crippen molar-refractivity contribution >= 4 is 21.3 Å². The molecule has 2 unspecified atom stereocenters. The third-order valence-electron chi connectivity index (χ3n) is 3.93. The highest BCUT2D eigenvalue weighted by Crippen LogP contribution is 2.33. The van der Waals surface area contributed by atoms with Crippen LogP contribution in [0.1, 0.15) is 25.8 Å². The smallest absolute Gasteiger partial charge is 0.234 e. The van der Waals surface area contributed by atoms with Crippen molar-refractivity contribution in [3.63, 3.8) is 0 Å². The number of hydrogen-bond donors (Lipinski definition) is 2. The van der Waals surface area contributed by atoms with Crippen LogP contribution in [0.15, 0.2) is 29.2 Å². The van der Waals surface area contributed by atoms with E-state index < -0.39 is 9.84 Å². The first-order chi connectivity index (χ1) is 10.7. The lowest BCUT2D eigenvalue weighted by Crippen LogP contribution is -2.52. The standard InChI is InChI=1S/C16H22N2O4S/c1-10-9-15(19)18-17-12(10)8-11(2)16-13(22-3)6-5-7-14(16)23(4,20)21/h5-8,10,12,17H,9H2,1-4H3,(H,18,19)/b11-8+. The monoisotopic (exact) mass is 338 g/mol. The summed E-state index contributed by atoms with van der Waals surface area (Å²) in [6.45, 7) is 3.82. The van der Waals surface area contributed by atoms with E-state index in [1.165, 1.54) is 13.4 Å². The summed E-state index contributed by atoms with van der Waals surface area (Å²) in [5, 5.41) is 0. The van der Waals surface area contributed by atoms with Crippen molar-refractivity contribution in [2.75, 3.05) is 13.4 Å². The molecule has 0 spiro atoms. The van der Waals surface area contributed by atoms with Crippen molar-refractivity contribution in [3.8, 4) is 5.75 Å². The number of benzene rings is 1. The number of allylic oxidation sites excluding steroid dienone is 1. The molecular weight excluding hydrogens is 316 g/mol. The summed E-state index contributed by atoms with van der Waals surface area (Å²) in [4.78, 5) is 11.6. The first-order valence-corrected chi connectivity index (χ1v) is 9.23. The van der Waals surface area contributed by atoms with Crippen LogP contribution in [-0.2, 0) is 14.6 Å². The second-order valence-corrected chi connectivity index (χ2v) is 7.84. The Morgan fingerprint density at radius 2 is 2.09 bits per heavy atom. The largest absolute Gasteiger partial charge is 0.496 e. The number of amides is 1. The van der Waals surface area contributed by atoms with E-state index in [2.05, 4.69) is 10.9 Å². The molecule has 1 saturated heterocycles. The van der Waals surface area contributed by atoms with E-state index in [-0.39, 0.29) is 22.8 Å². The molecule has 1 fully saturated rings. The molecular formula is C16H22N2O4S. The number of nitrogens with one attached hydrogen (secondary N) is 2. The fourth-order valence-electron chi connectivity index (χ4n) is 2.71. The van der Waals surface area contributed by atoms with Crippen molar-refractivity contribution in [2.24, 2.45) is 5.92 Å². The third kappa shape index (κ3) is 3.92. The van der Waals surface area contributed by atoms with Gasteiger partial charge in [-0.25, -0.2) is 13.8 Å². The Labute approximate surface area is 136 Å². The Hall–Kier alpha value is -1.86. The normalized spacial score (nSPS) is 22.6. The topological polar surface area (TPSA) is 84.5 Å². The van der Waals surface area contributed by atoms with Gasteiger partial charge < -0.3 is 4.74 Å². The summed E-state index contributed by atoms with van der Waals surface area (Å²) < 4.78 is 29.5. The van der Waals surface area contributed by atoms with Crippen LogP contribution in [0.3, 0.4) is 0 Å². The van der Waals surface area contributed by atoms with Gasteiger partial charge in [0, 0.05) is 24.3 Å². The lowest BCUT2D eigenvalue weighted by Gasteiger charge is -2.28. The average molecular weight is 338 g/mol. The lowest BCUT2D eigenvalue weighted by atomic mass is 9.93. The Morgan fingerprint density at radius 1 is 1.39 bits per heavy atom. The molecule has 1 aromatic carbocycles.